The number of unbranched alkanes of at least 4 members (excludes halogenated alkanes) is 1. The van der Waals surface area contributed by atoms with Crippen LogP contribution in [0.5, 0.6) is 0 Å². The molecule has 160 valence electrons. The van der Waals surface area contributed by atoms with Crippen LogP contribution in [-0.2, 0) is 6.54 Å². The van der Waals surface area contributed by atoms with Crippen LogP contribution in [-0.4, -0.2) is 54.3 Å². The number of imide groups is 1. The van der Waals surface area contributed by atoms with Gasteiger partial charge >= 0.3 is 0 Å². The minimum absolute atomic E-state index is 0. The maximum atomic E-state index is 12.4. The molecule has 30 heavy (non-hydrogen) atoms. The van der Waals surface area contributed by atoms with Crippen LogP contribution < -0.4 is 5.32 Å². The maximum absolute atomic E-state index is 12.4. The van der Waals surface area contributed by atoms with E-state index in [0.717, 1.165) is 31.9 Å². The van der Waals surface area contributed by atoms with Crippen molar-refractivity contribution in [3.63, 3.8) is 0 Å². The van der Waals surface area contributed by atoms with E-state index in [1.165, 1.54) is 10.5 Å². The fourth-order valence-corrected chi connectivity index (χ4v) is 3.41. The van der Waals surface area contributed by atoms with Crippen LogP contribution in [0.2, 0.25) is 0 Å². The van der Waals surface area contributed by atoms with Crippen LogP contribution in [0.4, 0.5) is 0 Å². The maximum Gasteiger partial charge on any atom is 0.261 e. The molecule has 2 amide bonds. The zero-order valence-electron chi connectivity index (χ0n) is 17.5. The van der Waals surface area contributed by atoms with Crippen molar-refractivity contribution >= 4 is 41.8 Å². The number of carbonyl (C=O) groups is 2. The standard InChI is InChI=1S/C23H28N4O2.HI/c1-3-24-23(26(2)17-18-11-5-4-6-12-18)25-15-9-10-16-27-21(28)19-13-7-8-14-20(19)22(27)29;/h4-8,11-14H,3,9-10,15-17H2,1-2H3,(H,24,25);1H. The fourth-order valence-electron chi connectivity index (χ4n) is 3.41. The Balaban J connectivity index is 0.00000320. The van der Waals surface area contributed by atoms with Gasteiger partial charge < -0.3 is 10.2 Å². The number of nitrogens with one attached hydrogen (secondary N) is 1. The largest absolute Gasteiger partial charge is 0.357 e. The molecule has 2 aromatic carbocycles. The second kappa shape index (κ2) is 11.7. The molecule has 0 spiro atoms. The summed E-state index contributed by atoms with van der Waals surface area (Å²) in [7, 11) is 2.02. The number of fused-ring (bicyclic) bond motifs is 1. The molecule has 1 N–H and O–H groups in total. The lowest BCUT2D eigenvalue weighted by atomic mass is 10.1. The lowest BCUT2D eigenvalue weighted by Gasteiger charge is -2.22. The number of guanidine groups is 1. The predicted molar refractivity (Wildman–Crippen MR) is 130 cm³/mol. The van der Waals surface area contributed by atoms with Crippen LogP contribution in [0, 0.1) is 0 Å². The summed E-state index contributed by atoms with van der Waals surface area (Å²) >= 11 is 0. The van der Waals surface area contributed by atoms with Gasteiger partial charge in [-0.1, -0.05) is 42.5 Å². The third-order valence-corrected chi connectivity index (χ3v) is 4.89. The number of halogens is 1. The van der Waals surface area contributed by atoms with Gasteiger partial charge in [-0.2, -0.15) is 0 Å². The summed E-state index contributed by atoms with van der Waals surface area (Å²) < 4.78 is 0. The van der Waals surface area contributed by atoms with Crippen molar-refractivity contribution in [2.75, 3.05) is 26.7 Å². The Morgan fingerprint density at radius 3 is 2.17 bits per heavy atom. The minimum atomic E-state index is -0.190. The van der Waals surface area contributed by atoms with Gasteiger partial charge in [0.1, 0.15) is 0 Å². The lowest BCUT2D eigenvalue weighted by Crippen LogP contribution is -2.38. The highest BCUT2D eigenvalue weighted by molar-refractivity contribution is 14.0. The fraction of sp³-hybridized carbons (Fsp3) is 0.348. The quantitative estimate of drug-likeness (QED) is 0.189. The highest BCUT2D eigenvalue weighted by atomic mass is 127. The van der Waals surface area contributed by atoms with E-state index in [1.54, 1.807) is 24.3 Å². The second-order valence-electron chi connectivity index (χ2n) is 7.09. The molecular weight excluding hydrogens is 491 g/mol. The van der Waals surface area contributed by atoms with E-state index in [0.29, 0.717) is 24.2 Å². The molecule has 0 unspecified atom stereocenters. The average molecular weight is 520 g/mol. The van der Waals surface area contributed by atoms with E-state index in [9.17, 15) is 9.59 Å². The Morgan fingerprint density at radius 2 is 1.57 bits per heavy atom. The molecule has 1 aliphatic heterocycles. The van der Waals surface area contributed by atoms with E-state index in [-0.39, 0.29) is 35.8 Å². The third-order valence-electron chi connectivity index (χ3n) is 4.89. The molecule has 0 fully saturated rings. The van der Waals surface area contributed by atoms with Crippen LogP contribution in [0.25, 0.3) is 0 Å². The number of carbonyl (C=O) groups excluding carboxylic acids is 2. The summed E-state index contributed by atoms with van der Waals surface area (Å²) in [5.41, 5.74) is 2.24. The summed E-state index contributed by atoms with van der Waals surface area (Å²) in [4.78, 5) is 32.9. The van der Waals surface area contributed by atoms with Crippen LogP contribution in [0.3, 0.4) is 0 Å². The van der Waals surface area contributed by atoms with E-state index in [2.05, 4.69) is 22.3 Å². The highest BCUT2D eigenvalue weighted by Crippen LogP contribution is 2.22. The number of nitrogens with zero attached hydrogens (tertiary/aromatic N) is 3. The van der Waals surface area contributed by atoms with E-state index >= 15 is 0 Å². The number of rotatable bonds is 8. The molecule has 3 rings (SSSR count). The van der Waals surface area contributed by atoms with Gasteiger partial charge in [-0.25, -0.2) is 0 Å². The van der Waals surface area contributed by atoms with E-state index < -0.39 is 0 Å². The van der Waals surface area contributed by atoms with Gasteiger partial charge in [0.2, 0.25) is 0 Å². The first-order chi connectivity index (χ1) is 14.1. The smallest absolute Gasteiger partial charge is 0.261 e. The first-order valence-electron chi connectivity index (χ1n) is 10.1. The molecular formula is C23H29IN4O2. The molecule has 0 aliphatic carbocycles. The summed E-state index contributed by atoms with van der Waals surface area (Å²) in [6, 6.07) is 17.3. The molecule has 0 bridgehead atoms. The van der Waals surface area contributed by atoms with Gasteiger partial charge in [-0.3, -0.25) is 19.5 Å². The molecule has 1 heterocycles. The number of amides is 2. The zero-order valence-corrected chi connectivity index (χ0v) is 19.8. The SMILES string of the molecule is CCNC(=NCCCCN1C(=O)c2ccccc2C1=O)N(C)Cc1ccccc1.I. The molecule has 6 nitrogen and oxygen atoms in total. The van der Waals surface area contributed by atoms with Crippen molar-refractivity contribution in [1.29, 1.82) is 0 Å². The molecule has 1 aliphatic rings. The van der Waals surface area contributed by atoms with Crippen molar-refractivity contribution in [1.82, 2.24) is 15.1 Å². The average Bonchev–Trinajstić information content (AvgIpc) is 2.98. The lowest BCUT2D eigenvalue weighted by molar-refractivity contribution is 0.0652. The first-order valence-corrected chi connectivity index (χ1v) is 10.1. The number of hydrogen-bond donors (Lipinski definition) is 1. The predicted octanol–water partition coefficient (Wildman–Crippen LogP) is 3.78. The van der Waals surface area contributed by atoms with E-state index in [4.69, 9.17) is 4.99 Å². The van der Waals surface area contributed by atoms with Gasteiger partial charge in [0.25, 0.3) is 11.8 Å². The minimum Gasteiger partial charge on any atom is -0.357 e. The van der Waals surface area contributed by atoms with Gasteiger partial charge in [0, 0.05) is 33.2 Å². The molecule has 0 atom stereocenters. The number of aliphatic imine (C=N–C) groups is 1. The third kappa shape index (κ3) is 5.81. The summed E-state index contributed by atoms with van der Waals surface area (Å²) in [6.07, 6.45) is 1.54. The van der Waals surface area contributed by atoms with Gasteiger partial charge in [-0.05, 0) is 37.5 Å². The number of hydrogen-bond acceptors (Lipinski definition) is 3. The van der Waals surface area contributed by atoms with Crippen molar-refractivity contribution in [2.45, 2.75) is 26.3 Å². The normalized spacial score (nSPS) is 13.1. The van der Waals surface area contributed by atoms with Gasteiger partial charge in [0.05, 0.1) is 11.1 Å². The van der Waals surface area contributed by atoms with Crippen LogP contribution >= 0.6 is 24.0 Å². The van der Waals surface area contributed by atoms with Crippen molar-refractivity contribution < 1.29 is 9.59 Å². The van der Waals surface area contributed by atoms with E-state index in [1.807, 2.05) is 32.2 Å². The number of benzene rings is 2. The monoisotopic (exact) mass is 520 g/mol. The summed E-state index contributed by atoms with van der Waals surface area (Å²) in [5.74, 6) is 0.479. The Morgan fingerprint density at radius 1 is 0.967 bits per heavy atom. The van der Waals surface area contributed by atoms with Crippen molar-refractivity contribution in [3.8, 4) is 0 Å². The van der Waals surface area contributed by atoms with Crippen LogP contribution in [0.15, 0.2) is 59.6 Å². The molecule has 0 radical (unpaired) electrons. The highest BCUT2D eigenvalue weighted by Gasteiger charge is 2.34. The Bertz CT molecular complexity index is 851. The topological polar surface area (TPSA) is 65.0 Å². The first kappa shape index (κ1) is 23.9. The summed E-state index contributed by atoms with van der Waals surface area (Å²) in [6.45, 7) is 4.70. The van der Waals surface area contributed by atoms with Crippen molar-refractivity contribution in [3.05, 3.63) is 71.3 Å². The zero-order chi connectivity index (χ0) is 20.6. The van der Waals surface area contributed by atoms with Crippen LogP contribution in [0.1, 0.15) is 46.0 Å². The van der Waals surface area contributed by atoms with Gasteiger partial charge in [-0.15, -0.1) is 24.0 Å². The Labute approximate surface area is 195 Å². The second-order valence-corrected chi connectivity index (χ2v) is 7.09. The molecule has 2 aromatic rings. The Kier molecular flexibility index (Phi) is 9.29. The molecule has 0 aromatic heterocycles. The van der Waals surface area contributed by atoms with Crippen molar-refractivity contribution in [2.24, 2.45) is 4.99 Å². The molecule has 7 heteroatoms. The Hall–Kier alpha value is -2.42. The molecule has 0 saturated heterocycles. The van der Waals surface area contributed by atoms with Gasteiger partial charge in [0.15, 0.2) is 5.96 Å². The molecule has 0 saturated carbocycles. The summed E-state index contributed by atoms with van der Waals surface area (Å²) in [5, 5.41) is 3.32.